The average Bonchev–Trinajstić information content (AvgIpc) is 3.04. The zero-order valence-corrected chi connectivity index (χ0v) is 15.1. The van der Waals surface area contributed by atoms with Crippen molar-refractivity contribution in [3.63, 3.8) is 0 Å². The van der Waals surface area contributed by atoms with Crippen molar-refractivity contribution in [2.75, 3.05) is 0 Å². The van der Waals surface area contributed by atoms with Crippen LogP contribution in [-0.2, 0) is 11.2 Å². The molecule has 146 valence electrons. The van der Waals surface area contributed by atoms with Crippen LogP contribution in [0.3, 0.4) is 0 Å². The number of nitrogens with zero attached hydrogens (tertiary/aromatic N) is 3. The van der Waals surface area contributed by atoms with Gasteiger partial charge < -0.3 is 15.6 Å². The fourth-order valence-corrected chi connectivity index (χ4v) is 2.67. The number of aromatic nitrogens is 3. The topological polar surface area (TPSA) is 103 Å². The highest BCUT2D eigenvalue weighted by atomic mass is 35.5. The molecule has 0 aliphatic carbocycles. The SMILES string of the molecule is NC(CC(=O)O)Cc1cnn(-c2ccc(Oc3ncc(Cl)cc3F)cc2F)c1. The summed E-state index contributed by atoms with van der Waals surface area (Å²) in [7, 11) is 0. The van der Waals surface area contributed by atoms with Crippen molar-refractivity contribution in [2.45, 2.75) is 18.9 Å². The van der Waals surface area contributed by atoms with Gasteiger partial charge in [0.2, 0.25) is 0 Å². The third-order valence-corrected chi connectivity index (χ3v) is 3.93. The van der Waals surface area contributed by atoms with E-state index in [1.165, 1.54) is 29.2 Å². The van der Waals surface area contributed by atoms with Gasteiger partial charge in [-0.2, -0.15) is 5.10 Å². The Hall–Kier alpha value is -3.04. The van der Waals surface area contributed by atoms with Gasteiger partial charge in [0.05, 0.1) is 17.6 Å². The molecule has 0 aliphatic heterocycles. The van der Waals surface area contributed by atoms with Gasteiger partial charge >= 0.3 is 5.97 Å². The summed E-state index contributed by atoms with van der Waals surface area (Å²) in [5, 5.41) is 12.9. The molecule has 1 atom stereocenters. The molecule has 7 nitrogen and oxygen atoms in total. The molecule has 2 heterocycles. The van der Waals surface area contributed by atoms with Gasteiger partial charge in [-0.25, -0.2) is 18.4 Å². The largest absolute Gasteiger partial charge is 0.481 e. The lowest BCUT2D eigenvalue weighted by atomic mass is 10.1. The van der Waals surface area contributed by atoms with E-state index in [1.54, 1.807) is 6.20 Å². The molecule has 3 rings (SSSR count). The fourth-order valence-electron chi connectivity index (χ4n) is 2.52. The van der Waals surface area contributed by atoms with E-state index in [2.05, 4.69) is 10.1 Å². The molecule has 0 bridgehead atoms. The van der Waals surface area contributed by atoms with Gasteiger partial charge in [0.1, 0.15) is 11.4 Å². The first-order valence-electron chi connectivity index (χ1n) is 8.11. The molecule has 2 aromatic heterocycles. The minimum absolute atomic E-state index is 0.0471. The van der Waals surface area contributed by atoms with Crippen molar-refractivity contribution in [2.24, 2.45) is 5.73 Å². The summed E-state index contributed by atoms with van der Waals surface area (Å²) < 4.78 is 34.7. The lowest BCUT2D eigenvalue weighted by molar-refractivity contribution is -0.137. The van der Waals surface area contributed by atoms with E-state index in [9.17, 15) is 13.6 Å². The van der Waals surface area contributed by atoms with Crippen molar-refractivity contribution < 1.29 is 23.4 Å². The minimum atomic E-state index is -0.992. The normalized spacial score (nSPS) is 12.0. The van der Waals surface area contributed by atoms with Crippen molar-refractivity contribution in [1.82, 2.24) is 14.8 Å². The Morgan fingerprint density at radius 1 is 1.29 bits per heavy atom. The van der Waals surface area contributed by atoms with Gasteiger partial charge in [0.25, 0.3) is 5.88 Å². The summed E-state index contributed by atoms with van der Waals surface area (Å²) in [6.07, 6.45) is 4.36. The maximum absolute atomic E-state index is 14.5. The van der Waals surface area contributed by atoms with Gasteiger partial charge in [-0.15, -0.1) is 0 Å². The number of aliphatic carboxylic acids is 1. The predicted octanol–water partition coefficient (Wildman–Crippen LogP) is 3.34. The maximum Gasteiger partial charge on any atom is 0.304 e. The quantitative estimate of drug-likeness (QED) is 0.621. The van der Waals surface area contributed by atoms with Gasteiger partial charge in [0, 0.05) is 24.5 Å². The first kappa shape index (κ1) is 19.7. The Morgan fingerprint density at radius 3 is 2.75 bits per heavy atom. The number of nitrogens with two attached hydrogens (primary N) is 1. The average molecular weight is 409 g/mol. The van der Waals surface area contributed by atoms with E-state index in [0.29, 0.717) is 5.56 Å². The van der Waals surface area contributed by atoms with E-state index in [0.717, 1.165) is 12.1 Å². The van der Waals surface area contributed by atoms with Crippen LogP contribution in [0.2, 0.25) is 5.02 Å². The number of carboxylic acid groups (broad SMARTS) is 1. The number of benzene rings is 1. The third kappa shape index (κ3) is 4.81. The van der Waals surface area contributed by atoms with Gasteiger partial charge in [0.15, 0.2) is 11.6 Å². The molecule has 3 aromatic rings. The second kappa shape index (κ2) is 8.32. The lowest BCUT2D eigenvalue weighted by Crippen LogP contribution is -2.25. The summed E-state index contributed by atoms with van der Waals surface area (Å²) in [4.78, 5) is 14.4. The number of ether oxygens (including phenoxy) is 1. The molecule has 0 spiro atoms. The van der Waals surface area contributed by atoms with E-state index in [4.69, 9.17) is 27.2 Å². The van der Waals surface area contributed by atoms with Crippen molar-refractivity contribution in [3.8, 4) is 17.3 Å². The van der Waals surface area contributed by atoms with E-state index < -0.39 is 23.6 Å². The van der Waals surface area contributed by atoms with E-state index >= 15 is 0 Å². The minimum Gasteiger partial charge on any atom is -0.481 e. The number of hydrogen-bond donors (Lipinski definition) is 2. The predicted molar refractivity (Wildman–Crippen MR) is 96.7 cm³/mol. The number of rotatable bonds is 7. The van der Waals surface area contributed by atoms with Crippen molar-refractivity contribution >= 4 is 17.6 Å². The molecule has 0 saturated heterocycles. The summed E-state index contributed by atoms with van der Waals surface area (Å²) in [5.74, 6) is -2.70. The Kier molecular flexibility index (Phi) is 5.86. The number of hydrogen-bond acceptors (Lipinski definition) is 5. The highest BCUT2D eigenvalue weighted by Gasteiger charge is 2.14. The van der Waals surface area contributed by atoms with Crippen LogP contribution in [0.15, 0.2) is 42.9 Å². The molecule has 28 heavy (non-hydrogen) atoms. The molecule has 1 unspecified atom stereocenters. The van der Waals surface area contributed by atoms with Crippen LogP contribution in [0.25, 0.3) is 5.69 Å². The zero-order chi connectivity index (χ0) is 20.3. The summed E-state index contributed by atoms with van der Waals surface area (Å²) in [6, 6.07) is 4.38. The summed E-state index contributed by atoms with van der Waals surface area (Å²) in [5.41, 5.74) is 6.55. The van der Waals surface area contributed by atoms with Gasteiger partial charge in [-0.05, 0) is 30.2 Å². The standard InChI is InChI=1S/C18H15ClF2N4O3/c19-11-4-15(21)18(23-8-11)28-13-1-2-16(14(20)6-13)25-9-10(7-24-25)3-12(22)5-17(26)27/h1-2,4,6-9,12H,3,5,22H2,(H,26,27). The van der Waals surface area contributed by atoms with Crippen LogP contribution in [0.1, 0.15) is 12.0 Å². The van der Waals surface area contributed by atoms with Gasteiger partial charge in [-0.3, -0.25) is 4.79 Å². The number of carbonyl (C=O) groups is 1. The highest BCUT2D eigenvalue weighted by molar-refractivity contribution is 6.30. The molecular weight excluding hydrogens is 394 g/mol. The van der Waals surface area contributed by atoms with Crippen molar-refractivity contribution in [1.29, 1.82) is 0 Å². The molecule has 0 saturated carbocycles. The molecule has 0 amide bonds. The number of pyridine rings is 1. The number of halogens is 3. The van der Waals surface area contributed by atoms with Crippen LogP contribution in [0.5, 0.6) is 11.6 Å². The maximum atomic E-state index is 14.5. The monoisotopic (exact) mass is 408 g/mol. The highest BCUT2D eigenvalue weighted by Crippen LogP contribution is 2.26. The van der Waals surface area contributed by atoms with E-state index in [1.807, 2.05) is 0 Å². The molecule has 0 fully saturated rings. The molecule has 1 aromatic carbocycles. The van der Waals surface area contributed by atoms with Crippen molar-refractivity contribution in [3.05, 3.63) is 65.1 Å². The van der Waals surface area contributed by atoms with Crippen LogP contribution in [0, 0.1) is 11.6 Å². The molecule has 3 N–H and O–H groups in total. The van der Waals surface area contributed by atoms with Gasteiger partial charge in [-0.1, -0.05) is 11.6 Å². The smallest absolute Gasteiger partial charge is 0.304 e. The molecule has 10 heteroatoms. The molecule has 0 radical (unpaired) electrons. The summed E-state index contributed by atoms with van der Waals surface area (Å²) >= 11 is 5.63. The fraction of sp³-hybridized carbons (Fsp3) is 0.167. The van der Waals surface area contributed by atoms with Crippen LogP contribution < -0.4 is 10.5 Å². The second-order valence-electron chi connectivity index (χ2n) is 6.01. The molecular formula is C18H15ClF2N4O3. The van der Waals surface area contributed by atoms with Crippen LogP contribution >= 0.6 is 11.6 Å². The third-order valence-electron chi connectivity index (χ3n) is 3.73. The Balaban J connectivity index is 1.75. The van der Waals surface area contributed by atoms with Crippen LogP contribution in [-0.4, -0.2) is 31.9 Å². The zero-order valence-electron chi connectivity index (χ0n) is 14.3. The second-order valence-corrected chi connectivity index (χ2v) is 6.45. The Morgan fingerprint density at radius 2 is 2.07 bits per heavy atom. The first-order chi connectivity index (χ1) is 13.3. The van der Waals surface area contributed by atoms with E-state index in [-0.39, 0.29) is 35.2 Å². The Labute approximate surface area is 163 Å². The first-order valence-corrected chi connectivity index (χ1v) is 8.49. The Bertz CT molecular complexity index is 1010. The molecule has 0 aliphatic rings. The summed E-state index contributed by atoms with van der Waals surface area (Å²) in [6.45, 7) is 0. The number of carboxylic acids is 1. The lowest BCUT2D eigenvalue weighted by Gasteiger charge is -2.08. The van der Waals surface area contributed by atoms with Crippen LogP contribution in [0.4, 0.5) is 8.78 Å².